The molecule has 0 atom stereocenters. The maximum atomic E-state index is 13.2. The molecule has 1 amide bonds. The molecule has 4 aromatic rings. The van der Waals surface area contributed by atoms with Gasteiger partial charge in [0.15, 0.2) is 0 Å². The van der Waals surface area contributed by atoms with Gasteiger partial charge in [-0.05, 0) is 61.9 Å². The van der Waals surface area contributed by atoms with E-state index in [-0.39, 0.29) is 18.0 Å². The Labute approximate surface area is 178 Å². The molecule has 2 aromatic carbocycles. The van der Waals surface area contributed by atoms with Gasteiger partial charge in [-0.3, -0.25) is 9.59 Å². The van der Waals surface area contributed by atoms with E-state index < -0.39 is 0 Å². The maximum absolute atomic E-state index is 13.2. The van der Waals surface area contributed by atoms with E-state index in [4.69, 9.17) is 11.6 Å². The number of fused-ring (bicyclic) bond motifs is 1. The van der Waals surface area contributed by atoms with Crippen LogP contribution < -0.4 is 5.56 Å². The topological polar surface area (TPSA) is 71.0 Å². The minimum atomic E-state index is -0.250. The van der Waals surface area contributed by atoms with Crippen LogP contribution in [0.15, 0.2) is 65.7 Å². The van der Waals surface area contributed by atoms with Crippen molar-refractivity contribution >= 4 is 28.4 Å². The molecule has 0 saturated heterocycles. The van der Waals surface area contributed by atoms with Crippen molar-refractivity contribution in [2.24, 2.45) is 0 Å². The smallest absolute Gasteiger partial charge is 0.258 e. The van der Waals surface area contributed by atoms with E-state index in [9.17, 15) is 9.59 Å². The van der Waals surface area contributed by atoms with Crippen LogP contribution in [0.25, 0.3) is 16.6 Å². The third-order valence-electron chi connectivity index (χ3n) is 5.07. The Bertz CT molecular complexity index is 1280. The van der Waals surface area contributed by atoms with Crippen molar-refractivity contribution in [3.8, 4) is 5.69 Å². The summed E-state index contributed by atoms with van der Waals surface area (Å²) in [6, 6.07) is 14.5. The van der Waals surface area contributed by atoms with Gasteiger partial charge in [-0.25, -0.2) is 4.98 Å². The van der Waals surface area contributed by atoms with Gasteiger partial charge in [-0.1, -0.05) is 17.7 Å². The summed E-state index contributed by atoms with van der Waals surface area (Å²) in [6.45, 7) is 4.58. The zero-order valence-electron chi connectivity index (χ0n) is 16.7. The molecule has 0 bridgehead atoms. The number of halogens is 1. The van der Waals surface area contributed by atoms with Crippen LogP contribution in [-0.4, -0.2) is 31.9 Å². The van der Waals surface area contributed by atoms with E-state index in [0.717, 1.165) is 11.3 Å². The third-order valence-corrected chi connectivity index (χ3v) is 5.30. The lowest BCUT2D eigenvalue weighted by molar-refractivity contribution is 0.0748. The van der Waals surface area contributed by atoms with Crippen LogP contribution in [0.1, 0.15) is 28.7 Å². The van der Waals surface area contributed by atoms with Crippen LogP contribution in [0.4, 0.5) is 0 Å². The number of rotatable bonds is 5. The van der Waals surface area contributed by atoms with Gasteiger partial charge in [-0.2, -0.15) is 0 Å². The first kappa shape index (κ1) is 19.9. The second-order valence-corrected chi connectivity index (χ2v) is 7.52. The number of amides is 1. The third kappa shape index (κ3) is 3.86. The minimum Gasteiger partial charge on any atom is -0.331 e. The van der Waals surface area contributed by atoms with Crippen molar-refractivity contribution in [2.75, 3.05) is 6.54 Å². The highest BCUT2D eigenvalue weighted by atomic mass is 35.5. The SMILES string of the molecule is CCN(Cc1nc2cc(Cl)ccc2c(=O)[nH]1)C(=O)c1ccc(C)c(-n2cccc2)c1. The van der Waals surface area contributed by atoms with Gasteiger partial charge in [0.1, 0.15) is 5.82 Å². The molecule has 0 unspecified atom stereocenters. The van der Waals surface area contributed by atoms with E-state index in [1.807, 2.05) is 61.1 Å². The molecule has 0 saturated carbocycles. The van der Waals surface area contributed by atoms with Crippen LogP contribution in [0.3, 0.4) is 0 Å². The highest BCUT2D eigenvalue weighted by Gasteiger charge is 2.18. The van der Waals surface area contributed by atoms with E-state index >= 15 is 0 Å². The number of aromatic amines is 1. The Kier molecular flexibility index (Phi) is 5.42. The van der Waals surface area contributed by atoms with Crippen LogP contribution >= 0.6 is 11.6 Å². The number of aromatic nitrogens is 3. The normalized spacial score (nSPS) is 11.0. The van der Waals surface area contributed by atoms with Crippen LogP contribution in [0.2, 0.25) is 5.02 Å². The number of carbonyl (C=O) groups is 1. The van der Waals surface area contributed by atoms with E-state index in [1.54, 1.807) is 23.1 Å². The largest absolute Gasteiger partial charge is 0.331 e. The number of nitrogens with one attached hydrogen (secondary N) is 1. The molecule has 4 rings (SSSR count). The van der Waals surface area contributed by atoms with Gasteiger partial charge in [0.05, 0.1) is 17.4 Å². The fourth-order valence-electron chi connectivity index (χ4n) is 3.44. The summed E-state index contributed by atoms with van der Waals surface area (Å²) >= 11 is 6.04. The number of nitrogens with zero attached hydrogens (tertiary/aromatic N) is 3. The Hall–Kier alpha value is -3.38. The van der Waals surface area contributed by atoms with Crippen LogP contribution in [-0.2, 0) is 6.54 Å². The molecule has 152 valence electrons. The van der Waals surface area contributed by atoms with Gasteiger partial charge in [-0.15, -0.1) is 0 Å². The Balaban J connectivity index is 1.65. The number of carbonyl (C=O) groups excluding carboxylic acids is 1. The molecule has 6 nitrogen and oxygen atoms in total. The summed E-state index contributed by atoms with van der Waals surface area (Å²) in [5.74, 6) is 0.294. The summed E-state index contributed by atoms with van der Waals surface area (Å²) < 4.78 is 1.98. The first-order valence-corrected chi connectivity index (χ1v) is 10.1. The standard InChI is InChI=1S/C23H21ClN4O2/c1-3-27(14-21-25-19-13-17(24)8-9-18(19)22(29)26-21)23(30)16-7-6-15(2)20(12-16)28-10-4-5-11-28/h4-13H,3,14H2,1-2H3,(H,25,26,29). The molecule has 1 N–H and O–H groups in total. The van der Waals surface area contributed by atoms with Crippen LogP contribution in [0, 0.1) is 6.92 Å². The second-order valence-electron chi connectivity index (χ2n) is 7.08. The quantitative estimate of drug-likeness (QED) is 0.522. The average Bonchev–Trinajstić information content (AvgIpc) is 3.26. The molecular formula is C23H21ClN4O2. The number of hydrogen-bond acceptors (Lipinski definition) is 3. The van der Waals surface area contributed by atoms with Crippen molar-refractivity contribution in [3.63, 3.8) is 0 Å². The summed E-state index contributed by atoms with van der Waals surface area (Å²) in [5.41, 5.74) is 2.87. The summed E-state index contributed by atoms with van der Waals surface area (Å²) in [6.07, 6.45) is 3.89. The van der Waals surface area contributed by atoms with Crippen molar-refractivity contribution < 1.29 is 4.79 Å². The fourth-order valence-corrected chi connectivity index (χ4v) is 3.61. The molecular weight excluding hydrogens is 400 g/mol. The predicted molar refractivity (Wildman–Crippen MR) is 118 cm³/mol. The number of H-pyrrole nitrogens is 1. The molecule has 0 aliphatic heterocycles. The van der Waals surface area contributed by atoms with Gasteiger partial charge in [0, 0.05) is 35.2 Å². The Morgan fingerprint density at radius 1 is 1.17 bits per heavy atom. The van der Waals surface area contributed by atoms with Gasteiger partial charge in [0.2, 0.25) is 0 Å². The first-order chi connectivity index (χ1) is 14.5. The highest BCUT2D eigenvalue weighted by molar-refractivity contribution is 6.31. The summed E-state index contributed by atoms with van der Waals surface area (Å²) in [5, 5.41) is 0.972. The first-order valence-electron chi connectivity index (χ1n) is 9.68. The van der Waals surface area contributed by atoms with Crippen LogP contribution in [0.5, 0.6) is 0 Å². The monoisotopic (exact) mass is 420 g/mol. The fraction of sp³-hybridized carbons (Fsp3) is 0.174. The molecule has 2 heterocycles. The lowest BCUT2D eigenvalue weighted by Crippen LogP contribution is -2.32. The highest BCUT2D eigenvalue weighted by Crippen LogP contribution is 2.19. The molecule has 0 spiro atoms. The predicted octanol–water partition coefficient (Wildman–Crippen LogP) is 4.34. The maximum Gasteiger partial charge on any atom is 0.258 e. The van der Waals surface area contributed by atoms with Gasteiger partial charge < -0.3 is 14.5 Å². The zero-order chi connectivity index (χ0) is 21.3. The molecule has 0 radical (unpaired) electrons. The van der Waals surface area contributed by atoms with Crippen molar-refractivity contribution in [1.82, 2.24) is 19.4 Å². The lowest BCUT2D eigenvalue weighted by Gasteiger charge is -2.21. The van der Waals surface area contributed by atoms with E-state index in [2.05, 4.69) is 9.97 Å². The molecule has 2 aromatic heterocycles. The molecule has 30 heavy (non-hydrogen) atoms. The molecule has 0 fully saturated rings. The second kappa shape index (κ2) is 8.16. The van der Waals surface area contributed by atoms with Gasteiger partial charge in [0.25, 0.3) is 11.5 Å². The molecule has 0 aliphatic carbocycles. The average molecular weight is 421 g/mol. The zero-order valence-corrected chi connectivity index (χ0v) is 17.5. The summed E-state index contributed by atoms with van der Waals surface area (Å²) in [7, 11) is 0. The van der Waals surface area contributed by atoms with E-state index in [0.29, 0.717) is 33.9 Å². The Morgan fingerprint density at radius 3 is 2.67 bits per heavy atom. The van der Waals surface area contributed by atoms with Crippen molar-refractivity contribution in [3.05, 3.63) is 93.3 Å². The van der Waals surface area contributed by atoms with Gasteiger partial charge >= 0.3 is 0 Å². The molecule has 0 aliphatic rings. The minimum absolute atomic E-state index is 0.125. The number of hydrogen-bond donors (Lipinski definition) is 1. The van der Waals surface area contributed by atoms with Crippen molar-refractivity contribution in [1.29, 1.82) is 0 Å². The number of benzene rings is 2. The van der Waals surface area contributed by atoms with Crippen molar-refractivity contribution in [2.45, 2.75) is 20.4 Å². The Morgan fingerprint density at radius 2 is 1.93 bits per heavy atom. The number of aryl methyl sites for hydroxylation is 1. The molecule has 7 heteroatoms. The van der Waals surface area contributed by atoms with E-state index in [1.165, 1.54) is 0 Å². The summed E-state index contributed by atoms with van der Waals surface area (Å²) in [4.78, 5) is 34.5. The lowest BCUT2D eigenvalue weighted by atomic mass is 10.1.